The normalized spacial score (nSPS) is 15.6. The van der Waals surface area contributed by atoms with Gasteiger partial charge in [0.25, 0.3) is 11.5 Å². The van der Waals surface area contributed by atoms with E-state index in [-0.39, 0.29) is 17.2 Å². The monoisotopic (exact) mass is 432 g/mol. The number of carbonyl (C=O) groups excluding carboxylic acids is 1. The van der Waals surface area contributed by atoms with Crippen molar-refractivity contribution in [3.63, 3.8) is 0 Å². The van der Waals surface area contributed by atoms with Gasteiger partial charge in [-0.05, 0) is 6.07 Å². The summed E-state index contributed by atoms with van der Waals surface area (Å²) < 4.78 is 1.20. The molecule has 8 heteroatoms. The van der Waals surface area contributed by atoms with Crippen LogP contribution in [0.5, 0.6) is 0 Å². The molecule has 0 aliphatic carbocycles. The molecule has 5 rings (SSSR count). The van der Waals surface area contributed by atoms with Crippen molar-refractivity contribution in [2.24, 2.45) is 7.05 Å². The topological polar surface area (TPSA) is 81.3 Å². The van der Waals surface area contributed by atoms with Crippen LogP contribution in [0.1, 0.15) is 26.6 Å². The summed E-state index contributed by atoms with van der Waals surface area (Å²) in [5.74, 6) is -0.355. The van der Waals surface area contributed by atoms with Crippen LogP contribution in [-0.2, 0) is 26.6 Å². The maximum Gasteiger partial charge on any atom is 0.278 e. The van der Waals surface area contributed by atoms with E-state index in [0.29, 0.717) is 15.9 Å². The fraction of sp³-hybridized carbons (Fsp3) is 0.217. The second kappa shape index (κ2) is 8.05. The van der Waals surface area contributed by atoms with Crippen LogP contribution in [0, 0.1) is 0 Å². The molecule has 7 nitrogen and oxygen atoms in total. The first-order chi connectivity index (χ1) is 15.1. The molecular weight excluding hydrogens is 410 g/mol. The van der Waals surface area contributed by atoms with Gasteiger partial charge >= 0.3 is 0 Å². The van der Waals surface area contributed by atoms with E-state index < -0.39 is 0 Å². The molecule has 156 valence electrons. The molecule has 2 aromatic carbocycles. The van der Waals surface area contributed by atoms with Gasteiger partial charge in [-0.1, -0.05) is 59.9 Å². The van der Waals surface area contributed by atoms with E-state index in [1.807, 2.05) is 6.07 Å². The lowest BCUT2D eigenvalue weighted by atomic mass is 10.1. The Labute approximate surface area is 183 Å². The summed E-state index contributed by atoms with van der Waals surface area (Å²) >= 11 is 1.53. The van der Waals surface area contributed by atoms with Gasteiger partial charge in [0.05, 0.1) is 22.5 Å². The van der Waals surface area contributed by atoms with Gasteiger partial charge in [-0.15, -0.1) is 0 Å². The first kappa shape index (κ1) is 19.6. The lowest BCUT2D eigenvalue weighted by Gasteiger charge is -2.22. The summed E-state index contributed by atoms with van der Waals surface area (Å²) in [6.45, 7) is 2.90. The Bertz CT molecular complexity index is 1330. The van der Waals surface area contributed by atoms with Crippen LogP contribution in [0.25, 0.3) is 10.8 Å². The zero-order valence-electron chi connectivity index (χ0n) is 17.1. The smallest absolute Gasteiger partial charge is 0.278 e. The van der Waals surface area contributed by atoms with Crippen LogP contribution in [0.3, 0.4) is 0 Å². The van der Waals surface area contributed by atoms with Crippen LogP contribution in [-0.4, -0.2) is 27.2 Å². The summed E-state index contributed by atoms with van der Waals surface area (Å²) in [6, 6.07) is 17.5. The quantitative estimate of drug-likeness (QED) is 0.515. The van der Waals surface area contributed by atoms with Crippen molar-refractivity contribution >= 4 is 33.1 Å². The molecule has 3 heterocycles. The Hall–Kier alpha value is -3.36. The van der Waals surface area contributed by atoms with Crippen LogP contribution < -0.4 is 15.8 Å². The molecule has 31 heavy (non-hydrogen) atoms. The fourth-order valence-electron chi connectivity index (χ4n) is 4.04. The molecule has 2 aromatic heterocycles. The second-order valence-corrected chi connectivity index (χ2v) is 8.84. The van der Waals surface area contributed by atoms with Crippen LogP contribution in [0.2, 0.25) is 0 Å². The summed E-state index contributed by atoms with van der Waals surface area (Å²) in [5, 5.41) is 8.70. The molecule has 1 aliphatic rings. The summed E-state index contributed by atoms with van der Waals surface area (Å²) in [6.07, 6.45) is 0.894. The first-order valence-corrected chi connectivity index (χ1v) is 11.0. The van der Waals surface area contributed by atoms with E-state index in [9.17, 15) is 9.59 Å². The highest BCUT2D eigenvalue weighted by atomic mass is 32.1. The SMILES string of the molecule is Cn1nc(C(=O)Nc2nc3c(s2)C[NH+](Cc2ccccc2)CC3)c2ccccc2c1=O. The minimum Gasteiger partial charge on any atom is -0.326 e. The summed E-state index contributed by atoms with van der Waals surface area (Å²) in [5.41, 5.74) is 2.39. The average Bonchev–Trinajstić information content (AvgIpc) is 3.18. The number of amides is 1. The van der Waals surface area contributed by atoms with E-state index in [1.165, 1.54) is 31.4 Å². The highest BCUT2D eigenvalue weighted by Crippen LogP contribution is 2.25. The van der Waals surface area contributed by atoms with E-state index in [4.69, 9.17) is 0 Å². The fourth-order valence-corrected chi connectivity index (χ4v) is 5.11. The number of rotatable bonds is 4. The van der Waals surface area contributed by atoms with Crippen molar-refractivity contribution in [2.45, 2.75) is 19.5 Å². The van der Waals surface area contributed by atoms with Gasteiger partial charge in [0, 0.05) is 24.4 Å². The molecule has 0 saturated carbocycles. The molecule has 0 spiro atoms. The Morgan fingerprint density at radius 3 is 2.68 bits per heavy atom. The third-order valence-corrected chi connectivity index (χ3v) is 6.61. The van der Waals surface area contributed by atoms with Crippen molar-refractivity contribution < 1.29 is 9.69 Å². The molecule has 0 bridgehead atoms. The van der Waals surface area contributed by atoms with Gasteiger partial charge < -0.3 is 4.90 Å². The summed E-state index contributed by atoms with van der Waals surface area (Å²) in [7, 11) is 1.55. The molecule has 0 saturated heterocycles. The van der Waals surface area contributed by atoms with Gasteiger partial charge in [0.15, 0.2) is 10.8 Å². The van der Waals surface area contributed by atoms with E-state index in [2.05, 4.69) is 39.7 Å². The first-order valence-electron chi connectivity index (χ1n) is 10.2. The molecule has 2 N–H and O–H groups in total. The Morgan fingerprint density at radius 1 is 1.13 bits per heavy atom. The minimum atomic E-state index is -0.355. The number of thiazole rings is 1. The number of hydrogen-bond acceptors (Lipinski definition) is 5. The lowest BCUT2D eigenvalue weighted by Crippen LogP contribution is -3.10. The van der Waals surface area contributed by atoms with Gasteiger partial charge in [0.1, 0.15) is 13.1 Å². The summed E-state index contributed by atoms with van der Waals surface area (Å²) in [4.78, 5) is 32.7. The lowest BCUT2D eigenvalue weighted by molar-refractivity contribution is -0.929. The van der Waals surface area contributed by atoms with Crippen LogP contribution in [0.15, 0.2) is 59.4 Å². The number of fused-ring (bicyclic) bond motifs is 2. The molecule has 1 unspecified atom stereocenters. The van der Waals surface area contributed by atoms with Crippen molar-refractivity contribution in [3.8, 4) is 0 Å². The zero-order valence-corrected chi connectivity index (χ0v) is 17.9. The third-order valence-electron chi connectivity index (χ3n) is 5.59. The van der Waals surface area contributed by atoms with Crippen molar-refractivity contribution in [1.82, 2.24) is 14.8 Å². The number of nitrogens with zero attached hydrogens (tertiary/aromatic N) is 3. The second-order valence-electron chi connectivity index (χ2n) is 7.76. The predicted molar refractivity (Wildman–Crippen MR) is 120 cm³/mol. The highest BCUT2D eigenvalue weighted by molar-refractivity contribution is 7.15. The Kier molecular flexibility index (Phi) is 5.09. The highest BCUT2D eigenvalue weighted by Gasteiger charge is 2.25. The molecule has 1 amide bonds. The van der Waals surface area contributed by atoms with Crippen molar-refractivity contribution in [1.29, 1.82) is 0 Å². The van der Waals surface area contributed by atoms with Gasteiger partial charge in [-0.25, -0.2) is 9.67 Å². The van der Waals surface area contributed by atoms with Gasteiger partial charge in [0.2, 0.25) is 0 Å². The standard InChI is InChI=1S/C23H21N5O2S/c1-27-22(30)17-10-6-5-9-16(17)20(26-27)21(29)25-23-24-18-11-12-28(14-19(18)31-23)13-15-7-3-2-4-8-15/h2-10H,11-14H2,1H3,(H,24,25,29)/p+1. The van der Waals surface area contributed by atoms with Gasteiger partial charge in [-0.2, -0.15) is 5.10 Å². The molecule has 4 aromatic rings. The largest absolute Gasteiger partial charge is 0.326 e. The zero-order chi connectivity index (χ0) is 21.4. The Balaban J connectivity index is 1.36. The molecular formula is C23H22N5O2S+. The minimum absolute atomic E-state index is 0.224. The molecule has 0 radical (unpaired) electrons. The number of carbonyl (C=O) groups is 1. The van der Waals surface area contributed by atoms with Crippen LogP contribution in [0.4, 0.5) is 5.13 Å². The molecule has 1 atom stereocenters. The van der Waals surface area contributed by atoms with E-state index >= 15 is 0 Å². The number of hydrogen-bond donors (Lipinski definition) is 2. The van der Waals surface area contributed by atoms with Crippen molar-refractivity contribution in [2.75, 3.05) is 11.9 Å². The number of benzene rings is 2. The molecule has 0 fully saturated rings. The third kappa shape index (κ3) is 3.87. The number of aryl methyl sites for hydroxylation is 1. The number of anilines is 1. The van der Waals surface area contributed by atoms with Crippen molar-refractivity contribution in [3.05, 3.63) is 86.8 Å². The average molecular weight is 433 g/mol. The maximum atomic E-state index is 13.0. The Morgan fingerprint density at radius 2 is 1.87 bits per heavy atom. The maximum absolute atomic E-state index is 13.0. The molecule has 1 aliphatic heterocycles. The number of aromatic nitrogens is 3. The van der Waals surface area contributed by atoms with E-state index in [0.717, 1.165) is 31.7 Å². The number of nitrogens with one attached hydrogen (secondary N) is 2. The number of quaternary nitrogens is 1. The van der Waals surface area contributed by atoms with Gasteiger partial charge in [-0.3, -0.25) is 14.9 Å². The van der Waals surface area contributed by atoms with E-state index in [1.54, 1.807) is 31.3 Å². The van der Waals surface area contributed by atoms with Crippen LogP contribution >= 0.6 is 11.3 Å². The predicted octanol–water partition coefficient (Wildman–Crippen LogP) is 1.78.